The molecule has 6 heteroatoms. The van der Waals surface area contributed by atoms with E-state index in [4.69, 9.17) is 4.74 Å². The molecule has 0 unspecified atom stereocenters. The highest BCUT2D eigenvalue weighted by Crippen LogP contribution is 2.16. The Morgan fingerprint density at radius 2 is 1.74 bits per heavy atom. The van der Waals surface area contributed by atoms with Crippen LogP contribution < -0.4 is 15.4 Å². The highest BCUT2D eigenvalue weighted by molar-refractivity contribution is 5.98. The first kappa shape index (κ1) is 16.5. The number of carbonyl (C=O) groups is 2. The minimum atomic E-state index is -0.413. The molecular weight excluding hydrogens is 299 g/mol. The number of benzene rings is 2. The van der Waals surface area contributed by atoms with E-state index < -0.39 is 11.8 Å². The first-order chi connectivity index (χ1) is 11.1. The van der Waals surface area contributed by atoms with Gasteiger partial charge in [-0.05, 0) is 18.2 Å². The summed E-state index contributed by atoms with van der Waals surface area (Å²) >= 11 is 0. The van der Waals surface area contributed by atoms with Gasteiger partial charge in [-0.1, -0.05) is 30.3 Å². The standard InChI is InChI=1S/C17H17FN2O3/c1-23-15-9-5-3-7-13(15)17(22)20-11-16(21)19-10-12-6-2-4-8-14(12)18/h2-9H,10-11H2,1H3,(H,19,21)(H,20,22). The third-order valence-corrected chi connectivity index (χ3v) is 3.19. The quantitative estimate of drug-likeness (QED) is 0.855. The maximum absolute atomic E-state index is 13.4. The average molecular weight is 316 g/mol. The van der Waals surface area contributed by atoms with Crippen molar-refractivity contribution in [2.45, 2.75) is 6.54 Å². The van der Waals surface area contributed by atoms with Crippen molar-refractivity contribution in [3.05, 3.63) is 65.5 Å². The van der Waals surface area contributed by atoms with Crippen LogP contribution in [0.5, 0.6) is 5.75 Å². The third-order valence-electron chi connectivity index (χ3n) is 3.19. The molecule has 2 aromatic carbocycles. The molecule has 0 aromatic heterocycles. The second kappa shape index (κ2) is 7.93. The van der Waals surface area contributed by atoms with Gasteiger partial charge in [0.25, 0.3) is 5.91 Å². The zero-order valence-electron chi connectivity index (χ0n) is 12.6. The van der Waals surface area contributed by atoms with E-state index in [1.54, 1.807) is 42.5 Å². The lowest BCUT2D eigenvalue weighted by Crippen LogP contribution is -2.36. The summed E-state index contributed by atoms with van der Waals surface area (Å²) in [7, 11) is 1.47. The van der Waals surface area contributed by atoms with E-state index in [1.165, 1.54) is 13.2 Å². The summed E-state index contributed by atoms with van der Waals surface area (Å²) in [4.78, 5) is 23.8. The largest absolute Gasteiger partial charge is 0.496 e. The summed E-state index contributed by atoms with van der Waals surface area (Å²) < 4.78 is 18.5. The Morgan fingerprint density at radius 3 is 2.48 bits per heavy atom. The first-order valence-electron chi connectivity index (χ1n) is 7.03. The summed E-state index contributed by atoms with van der Waals surface area (Å²) in [5.41, 5.74) is 0.730. The van der Waals surface area contributed by atoms with Crippen molar-refractivity contribution in [1.82, 2.24) is 10.6 Å². The monoisotopic (exact) mass is 316 g/mol. The van der Waals surface area contributed by atoms with Gasteiger partial charge in [-0.3, -0.25) is 9.59 Å². The van der Waals surface area contributed by atoms with Crippen molar-refractivity contribution < 1.29 is 18.7 Å². The van der Waals surface area contributed by atoms with Crippen molar-refractivity contribution in [2.75, 3.05) is 13.7 Å². The molecule has 0 saturated carbocycles. The molecule has 23 heavy (non-hydrogen) atoms. The summed E-state index contributed by atoms with van der Waals surface area (Å²) in [6.45, 7) is -0.138. The van der Waals surface area contributed by atoms with E-state index in [2.05, 4.69) is 10.6 Å². The van der Waals surface area contributed by atoms with Gasteiger partial charge in [-0.25, -0.2) is 4.39 Å². The van der Waals surface area contributed by atoms with Gasteiger partial charge in [-0.15, -0.1) is 0 Å². The number of rotatable bonds is 6. The summed E-state index contributed by atoms with van der Waals surface area (Å²) in [5.74, 6) is -0.775. The van der Waals surface area contributed by atoms with E-state index >= 15 is 0 Å². The molecule has 0 bridgehead atoms. The fourth-order valence-electron chi connectivity index (χ4n) is 1.99. The molecular formula is C17H17FN2O3. The molecule has 0 aliphatic heterocycles. The lowest BCUT2D eigenvalue weighted by molar-refractivity contribution is -0.120. The fourth-order valence-corrected chi connectivity index (χ4v) is 1.99. The predicted octanol–water partition coefficient (Wildman–Crippen LogP) is 1.88. The van der Waals surface area contributed by atoms with E-state index in [-0.39, 0.29) is 18.9 Å². The molecule has 5 nitrogen and oxygen atoms in total. The molecule has 0 saturated heterocycles. The summed E-state index contributed by atoms with van der Waals surface area (Å²) in [6, 6.07) is 12.9. The Hall–Kier alpha value is -2.89. The summed E-state index contributed by atoms with van der Waals surface area (Å²) in [5, 5.41) is 5.05. The Labute approximate surface area is 133 Å². The van der Waals surface area contributed by atoms with Gasteiger partial charge in [0.1, 0.15) is 11.6 Å². The number of para-hydroxylation sites is 1. The van der Waals surface area contributed by atoms with Crippen molar-refractivity contribution in [3.8, 4) is 5.75 Å². The average Bonchev–Trinajstić information content (AvgIpc) is 2.58. The maximum atomic E-state index is 13.4. The van der Waals surface area contributed by atoms with E-state index in [1.807, 2.05) is 0 Å². The van der Waals surface area contributed by atoms with Crippen LogP contribution in [0.4, 0.5) is 4.39 Å². The SMILES string of the molecule is COc1ccccc1C(=O)NCC(=O)NCc1ccccc1F. The molecule has 2 rings (SSSR count). The van der Waals surface area contributed by atoms with Gasteiger partial charge in [0, 0.05) is 12.1 Å². The number of nitrogens with one attached hydrogen (secondary N) is 2. The van der Waals surface area contributed by atoms with Crippen molar-refractivity contribution in [1.29, 1.82) is 0 Å². The Kier molecular flexibility index (Phi) is 5.68. The van der Waals surface area contributed by atoms with Crippen LogP contribution in [0.3, 0.4) is 0 Å². The van der Waals surface area contributed by atoms with Gasteiger partial charge >= 0.3 is 0 Å². The molecule has 0 fully saturated rings. The summed E-state index contributed by atoms with van der Waals surface area (Å²) in [6.07, 6.45) is 0. The van der Waals surface area contributed by atoms with Crippen LogP contribution in [0.15, 0.2) is 48.5 Å². The van der Waals surface area contributed by atoms with Gasteiger partial charge in [0.2, 0.25) is 5.91 Å². The van der Waals surface area contributed by atoms with E-state index in [0.29, 0.717) is 16.9 Å². The molecule has 0 radical (unpaired) electrons. The Morgan fingerprint density at radius 1 is 1.04 bits per heavy atom. The van der Waals surface area contributed by atoms with Crippen LogP contribution >= 0.6 is 0 Å². The third kappa shape index (κ3) is 4.54. The molecule has 0 spiro atoms. The normalized spacial score (nSPS) is 10.0. The minimum absolute atomic E-state index is 0.0655. The minimum Gasteiger partial charge on any atom is -0.496 e. The lowest BCUT2D eigenvalue weighted by Gasteiger charge is -2.10. The maximum Gasteiger partial charge on any atom is 0.255 e. The molecule has 0 aliphatic carbocycles. The van der Waals surface area contributed by atoms with Crippen LogP contribution in [0.25, 0.3) is 0 Å². The highest BCUT2D eigenvalue weighted by atomic mass is 19.1. The molecule has 2 amide bonds. The predicted molar refractivity (Wildman–Crippen MR) is 83.6 cm³/mol. The topological polar surface area (TPSA) is 67.4 Å². The number of hydrogen-bond acceptors (Lipinski definition) is 3. The van der Waals surface area contributed by atoms with E-state index in [9.17, 15) is 14.0 Å². The van der Waals surface area contributed by atoms with Gasteiger partial charge in [0.15, 0.2) is 0 Å². The van der Waals surface area contributed by atoms with Crippen LogP contribution in [0.1, 0.15) is 15.9 Å². The Balaban J connectivity index is 1.84. The molecule has 0 heterocycles. The Bertz CT molecular complexity index is 704. The second-order valence-corrected chi connectivity index (χ2v) is 4.75. The van der Waals surface area contributed by atoms with Crippen LogP contribution in [0.2, 0.25) is 0 Å². The van der Waals surface area contributed by atoms with Crippen molar-refractivity contribution in [3.63, 3.8) is 0 Å². The zero-order chi connectivity index (χ0) is 16.7. The molecule has 120 valence electrons. The highest BCUT2D eigenvalue weighted by Gasteiger charge is 2.12. The number of amides is 2. The van der Waals surface area contributed by atoms with Gasteiger partial charge < -0.3 is 15.4 Å². The van der Waals surface area contributed by atoms with Gasteiger partial charge in [-0.2, -0.15) is 0 Å². The second-order valence-electron chi connectivity index (χ2n) is 4.75. The first-order valence-corrected chi connectivity index (χ1v) is 7.03. The van der Waals surface area contributed by atoms with Crippen LogP contribution in [-0.4, -0.2) is 25.5 Å². The number of hydrogen-bond donors (Lipinski definition) is 2. The van der Waals surface area contributed by atoms with Crippen molar-refractivity contribution >= 4 is 11.8 Å². The molecule has 0 aliphatic rings. The smallest absolute Gasteiger partial charge is 0.255 e. The number of halogens is 1. The molecule has 0 atom stereocenters. The fraction of sp³-hybridized carbons (Fsp3) is 0.176. The zero-order valence-corrected chi connectivity index (χ0v) is 12.6. The lowest BCUT2D eigenvalue weighted by atomic mass is 10.2. The number of ether oxygens (including phenoxy) is 1. The van der Waals surface area contributed by atoms with Crippen molar-refractivity contribution in [2.24, 2.45) is 0 Å². The van der Waals surface area contributed by atoms with Crippen LogP contribution in [0, 0.1) is 5.82 Å². The van der Waals surface area contributed by atoms with Crippen LogP contribution in [-0.2, 0) is 11.3 Å². The number of methoxy groups -OCH3 is 1. The molecule has 2 N–H and O–H groups in total. The molecule has 2 aromatic rings. The van der Waals surface area contributed by atoms with E-state index in [0.717, 1.165) is 0 Å². The van der Waals surface area contributed by atoms with Gasteiger partial charge in [0.05, 0.1) is 19.2 Å². The number of carbonyl (C=O) groups excluding carboxylic acids is 2.